The van der Waals surface area contributed by atoms with Crippen LogP contribution in [0.3, 0.4) is 0 Å². The zero-order valence-corrected chi connectivity index (χ0v) is 14.5. The van der Waals surface area contributed by atoms with Crippen LogP contribution in [0.15, 0.2) is 48.5 Å². The number of carbonyl (C=O) groups excluding carboxylic acids is 2. The first-order chi connectivity index (χ1) is 12.1. The van der Waals surface area contributed by atoms with Gasteiger partial charge in [-0.1, -0.05) is 12.1 Å². The van der Waals surface area contributed by atoms with Crippen molar-refractivity contribution in [3.63, 3.8) is 0 Å². The summed E-state index contributed by atoms with van der Waals surface area (Å²) >= 11 is 0. The Labute approximate surface area is 147 Å². The average molecular weight is 341 g/mol. The highest BCUT2D eigenvalue weighted by Gasteiger charge is 2.07. The molecule has 132 valence electrons. The van der Waals surface area contributed by atoms with Crippen molar-refractivity contribution in [3.05, 3.63) is 54.1 Å². The molecular formula is C19H23N3O3. The Morgan fingerprint density at radius 1 is 1.00 bits per heavy atom. The van der Waals surface area contributed by atoms with Gasteiger partial charge in [-0.15, -0.1) is 0 Å². The molecule has 0 aliphatic heterocycles. The molecule has 0 aliphatic carbocycles. The van der Waals surface area contributed by atoms with Crippen molar-refractivity contribution in [1.29, 1.82) is 0 Å². The van der Waals surface area contributed by atoms with Gasteiger partial charge in [0.2, 0.25) is 5.91 Å². The maximum absolute atomic E-state index is 12.1. The van der Waals surface area contributed by atoms with Crippen LogP contribution in [-0.2, 0) is 4.79 Å². The Kier molecular flexibility index (Phi) is 6.83. The monoisotopic (exact) mass is 341 g/mol. The summed E-state index contributed by atoms with van der Waals surface area (Å²) < 4.78 is 5.43. The van der Waals surface area contributed by atoms with Crippen molar-refractivity contribution >= 4 is 23.2 Å². The number of carbonyl (C=O) groups is 2. The molecule has 0 unspecified atom stereocenters. The molecule has 2 aromatic carbocycles. The van der Waals surface area contributed by atoms with Crippen molar-refractivity contribution in [2.75, 3.05) is 30.3 Å². The highest BCUT2D eigenvalue weighted by Crippen LogP contribution is 2.17. The number of rotatable bonds is 8. The van der Waals surface area contributed by atoms with E-state index in [9.17, 15) is 9.59 Å². The first-order valence-corrected chi connectivity index (χ1v) is 8.27. The Morgan fingerprint density at radius 2 is 1.76 bits per heavy atom. The van der Waals surface area contributed by atoms with Crippen LogP contribution in [0, 0.1) is 0 Å². The summed E-state index contributed by atoms with van der Waals surface area (Å²) in [6.45, 7) is 5.03. The van der Waals surface area contributed by atoms with Gasteiger partial charge in [-0.2, -0.15) is 0 Å². The molecule has 0 heterocycles. The second-order valence-electron chi connectivity index (χ2n) is 5.30. The fourth-order valence-electron chi connectivity index (χ4n) is 2.25. The SMILES string of the molecule is CCNC(=O)c1cccc(NC(=O)CNc2cccc(OCC)c2)c1. The zero-order valence-electron chi connectivity index (χ0n) is 14.5. The van der Waals surface area contributed by atoms with Crippen molar-refractivity contribution < 1.29 is 14.3 Å². The third-order valence-corrected chi connectivity index (χ3v) is 3.34. The molecule has 0 saturated heterocycles. The number of hydrogen-bond donors (Lipinski definition) is 3. The first kappa shape index (κ1) is 18.3. The van der Waals surface area contributed by atoms with E-state index in [0.29, 0.717) is 24.4 Å². The van der Waals surface area contributed by atoms with Crippen LogP contribution in [0.5, 0.6) is 5.75 Å². The van der Waals surface area contributed by atoms with Crippen LogP contribution in [0.2, 0.25) is 0 Å². The van der Waals surface area contributed by atoms with Crippen LogP contribution in [-0.4, -0.2) is 31.5 Å². The Balaban J connectivity index is 1.91. The number of ether oxygens (including phenoxy) is 1. The van der Waals surface area contributed by atoms with Gasteiger partial charge in [0.15, 0.2) is 0 Å². The number of amides is 2. The molecule has 6 heteroatoms. The van der Waals surface area contributed by atoms with E-state index in [4.69, 9.17) is 4.74 Å². The molecule has 2 aromatic rings. The second kappa shape index (κ2) is 9.32. The molecule has 0 saturated carbocycles. The molecule has 0 aromatic heterocycles. The summed E-state index contributed by atoms with van der Waals surface area (Å²) in [5.41, 5.74) is 1.90. The minimum atomic E-state index is -0.199. The number of benzene rings is 2. The molecule has 0 spiro atoms. The van der Waals surface area contributed by atoms with E-state index in [1.165, 1.54) is 0 Å². The lowest BCUT2D eigenvalue weighted by Crippen LogP contribution is -2.24. The third kappa shape index (κ3) is 5.84. The molecule has 0 radical (unpaired) electrons. The van der Waals surface area contributed by atoms with Gasteiger partial charge in [0.25, 0.3) is 5.91 Å². The second-order valence-corrected chi connectivity index (χ2v) is 5.30. The van der Waals surface area contributed by atoms with Gasteiger partial charge in [0.1, 0.15) is 5.75 Å². The van der Waals surface area contributed by atoms with E-state index in [1.807, 2.05) is 38.1 Å². The topological polar surface area (TPSA) is 79.5 Å². The largest absolute Gasteiger partial charge is 0.494 e. The van der Waals surface area contributed by atoms with Gasteiger partial charge in [-0.05, 0) is 44.2 Å². The van der Waals surface area contributed by atoms with E-state index >= 15 is 0 Å². The van der Waals surface area contributed by atoms with Gasteiger partial charge >= 0.3 is 0 Å². The quantitative estimate of drug-likeness (QED) is 0.690. The average Bonchev–Trinajstić information content (AvgIpc) is 2.61. The molecule has 25 heavy (non-hydrogen) atoms. The van der Waals surface area contributed by atoms with Crippen LogP contribution >= 0.6 is 0 Å². The van der Waals surface area contributed by atoms with Crippen LogP contribution < -0.4 is 20.7 Å². The highest BCUT2D eigenvalue weighted by molar-refractivity contribution is 5.98. The number of anilines is 2. The maximum atomic E-state index is 12.1. The van der Waals surface area contributed by atoms with Gasteiger partial charge in [-0.25, -0.2) is 0 Å². The molecule has 0 bridgehead atoms. The standard InChI is InChI=1S/C19H23N3O3/c1-3-20-19(24)14-7-5-9-16(11-14)22-18(23)13-21-15-8-6-10-17(12-15)25-4-2/h5-12,21H,3-4,13H2,1-2H3,(H,20,24)(H,22,23). The predicted molar refractivity (Wildman–Crippen MR) is 99.2 cm³/mol. The molecule has 0 atom stereocenters. The molecule has 0 fully saturated rings. The highest BCUT2D eigenvalue weighted by atomic mass is 16.5. The number of hydrogen-bond acceptors (Lipinski definition) is 4. The third-order valence-electron chi connectivity index (χ3n) is 3.34. The zero-order chi connectivity index (χ0) is 18.1. The van der Waals surface area contributed by atoms with Gasteiger partial charge in [-0.3, -0.25) is 9.59 Å². The number of nitrogens with one attached hydrogen (secondary N) is 3. The summed E-state index contributed by atoms with van der Waals surface area (Å²) in [5, 5.41) is 8.56. The summed E-state index contributed by atoms with van der Waals surface area (Å²) in [6, 6.07) is 14.3. The summed E-state index contributed by atoms with van der Waals surface area (Å²) in [7, 11) is 0. The van der Waals surface area contributed by atoms with Crippen LogP contribution in [0.25, 0.3) is 0 Å². The predicted octanol–water partition coefficient (Wildman–Crippen LogP) is 2.89. The van der Waals surface area contributed by atoms with Crippen LogP contribution in [0.4, 0.5) is 11.4 Å². The van der Waals surface area contributed by atoms with Gasteiger partial charge in [0, 0.05) is 29.5 Å². The van der Waals surface area contributed by atoms with E-state index in [-0.39, 0.29) is 18.4 Å². The Hall–Kier alpha value is -3.02. The fourth-order valence-corrected chi connectivity index (χ4v) is 2.25. The minimum Gasteiger partial charge on any atom is -0.494 e. The molecule has 3 N–H and O–H groups in total. The van der Waals surface area contributed by atoms with Crippen molar-refractivity contribution in [2.24, 2.45) is 0 Å². The lowest BCUT2D eigenvalue weighted by atomic mass is 10.2. The lowest BCUT2D eigenvalue weighted by molar-refractivity contribution is -0.114. The molecule has 6 nitrogen and oxygen atoms in total. The van der Waals surface area contributed by atoms with E-state index in [0.717, 1.165) is 11.4 Å². The molecule has 0 aliphatic rings. The molecule has 2 rings (SSSR count). The molecule has 2 amide bonds. The maximum Gasteiger partial charge on any atom is 0.251 e. The summed E-state index contributed by atoms with van der Waals surface area (Å²) in [4.78, 5) is 23.9. The van der Waals surface area contributed by atoms with Crippen molar-refractivity contribution in [2.45, 2.75) is 13.8 Å². The van der Waals surface area contributed by atoms with E-state index in [2.05, 4.69) is 16.0 Å². The molecular weight excluding hydrogens is 318 g/mol. The Morgan fingerprint density at radius 3 is 2.52 bits per heavy atom. The van der Waals surface area contributed by atoms with Crippen molar-refractivity contribution in [1.82, 2.24) is 5.32 Å². The summed E-state index contributed by atoms with van der Waals surface area (Å²) in [5.74, 6) is 0.391. The Bertz CT molecular complexity index is 731. The first-order valence-electron chi connectivity index (χ1n) is 8.27. The van der Waals surface area contributed by atoms with E-state index in [1.54, 1.807) is 24.3 Å². The van der Waals surface area contributed by atoms with Crippen molar-refractivity contribution in [3.8, 4) is 5.75 Å². The smallest absolute Gasteiger partial charge is 0.251 e. The normalized spacial score (nSPS) is 10.0. The van der Waals surface area contributed by atoms with Gasteiger partial charge in [0.05, 0.1) is 13.2 Å². The van der Waals surface area contributed by atoms with Gasteiger partial charge < -0.3 is 20.7 Å². The van der Waals surface area contributed by atoms with E-state index < -0.39 is 0 Å². The minimum absolute atomic E-state index is 0.112. The lowest BCUT2D eigenvalue weighted by Gasteiger charge is -2.10. The fraction of sp³-hybridized carbons (Fsp3) is 0.263. The summed E-state index contributed by atoms with van der Waals surface area (Å²) in [6.07, 6.45) is 0. The van der Waals surface area contributed by atoms with Crippen LogP contribution in [0.1, 0.15) is 24.2 Å².